The van der Waals surface area contributed by atoms with E-state index in [0.717, 1.165) is 11.3 Å². The van der Waals surface area contributed by atoms with Crippen LogP contribution in [0.4, 0.5) is 15.8 Å². The fourth-order valence-electron chi connectivity index (χ4n) is 6.85. The predicted octanol–water partition coefficient (Wildman–Crippen LogP) is 5.31. The first-order valence-corrected chi connectivity index (χ1v) is 16.6. The number of pyridine rings is 2. The molecule has 0 amide bonds. The Morgan fingerprint density at radius 3 is 2.48 bits per heavy atom. The SMILES string of the molecule is CCOc1ccccc1C1(N2CCN(c3ccncc3)CC2)CN(S(=O)(=O)c2ccc(F)c3cccnc23)c2ccc(C#N)cc21. The fourth-order valence-corrected chi connectivity index (χ4v) is 8.51. The van der Waals surface area contributed by atoms with Gasteiger partial charge in [0.25, 0.3) is 10.0 Å². The maximum Gasteiger partial charge on any atom is 0.266 e. The molecule has 2 aliphatic heterocycles. The Bertz CT molecular complexity index is 2080. The third-order valence-electron chi connectivity index (χ3n) is 8.94. The number of anilines is 2. The molecule has 0 N–H and O–H groups in total. The quantitative estimate of drug-likeness (QED) is 0.237. The van der Waals surface area contributed by atoms with Crippen LogP contribution in [0.5, 0.6) is 5.75 Å². The third-order valence-corrected chi connectivity index (χ3v) is 10.7. The molecule has 2 aromatic heterocycles. The van der Waals surface area contributed by atoms with Crippen LogP contribution in [-0.2, 0) is 15.6 Å². The minimum absolute atomic E-state index is 0.0184. The minimum atomic E-state index is -4.28. The maximum atomic E-state index is 14.8. The molecule has 0 spiro atoms. The highest BCUT2D eigenvalue weighted by Gasteiger charge is 2.53. The van der Waals surface area contributed by atoms with E-state index in [2.05, 4.69) is 25.8 Å². The van der Waals surface area contributed by atoms with Gasteiger partial charge in [-0.2, -0.15) is 5.26 Å². The number of nitriles is 1. The average molecular weight is 635 g/mol. The first kappa shape index (κ1) is 29.6. The smallest absolute Gasteiger partial charge is 0.266 e. The number of halogens is 1. The van der Waals surface area contributed by atoms with E-state index >= 15 is 0 Å². The lowest BCUT2D eigenvalue weighted by Gasteiger charge is -2.47. The summed E-state index contributed by atoms with van der Waals surface area (Å²) in [6.45, 7) is 4.94. The number of hydrogen-bond donors (Lipinski definition) is 0. The highest BCUT2D eigenvalue weighted by atomic mass is 32.2. The molecule has 1 atom stereocenters. The number of benzene rings is 3. The van der Waals surface area contributed by atoms with Gasteiger partial charge >= 0.3 is 0 Å². The number of para-hydroxylation sites is 1. The topological polar surface area (TPSA) is 103 Å². The lowest BCUT2D eigenvalue weighted by molar-refractivity contribution is 0.124. The summed E-state index contributed by atoms with van der Waals surface area (Å²) < 4.78 is 51.9. The molecule has 11 heteroatoms. The number of rotatable bonds is 7. The number of hydrogen-bond acceptors (Lipinski definition) is 8. The van der Waals surface area contributed by atoms with Gasteiger partial charge in [-0.3, -0.25) is 19.2 Å². The molecule has 46 heavy (non-hydrogen) atoms. The number of sulfonamides is 1. The van der Waals surface area contributed by atoms with Crippen molar-refractivity contribution in [3.8, 4) is 11.8 Å². The number of nitrogens with zero attached hydrogens (tertiary/aromatic N) is 6. The first-order valence-electron chi connectivity index (χ1n) is 15.1. The molecule has 4 heterocycles. The summed E-state index contributed by atoms with van der Waals surface area (Å²) in [4.78, 5) is 12.9. The zero-order chi connectivity index (χ0) is 31.9. The van der Waals surface area contributed by atoms with Crippen molar-refractivity contribution in [2.45, 2.75) is 17.4 Å². The molecule has 5 aromatic rings. The Morgan fingerprint density at radius 1 is 0.935 bits per heavy atom. The van der Waals surface area contributed by atoms with Crippen molar-refractivity contribution < 1.29 is 17.5 Å². The Morgan fingerprint density at radius 2 is 1.72 bits per heavy atom. The van der Waals surface area contributed by atoms with Crippen molar-refractivity contribution in [1.82, 2.24) is 14.9 Å². The number of fused-ring (bicyclic) bond motifs is 2. The summed E-state index contributed by atoms with van der Waals surface area (Å²) in [5.74, 6) is 0.0950. The van der Waals surface area contributed by atoms with Crippen LogP contribution in [-0.4, -0.2) is 62.6 Å². The Labute approximate surface area is 267 Å². The van der Waals surface area contributed by atoms with Gasteiger partial charge in [-0.25, -0.2) is 12.8 Å². The first-order chi connectivity index (χ1) is 22.4. The zero-order valence-electron chi connectivity index (χ0n) is 25.2. The summed E-state index contributed by atoms with van der Waals surface area (Å²) in [6, 6.07) is 24.6. The molecule has 1 unspecified atom stereocenters. The highest BCUT2D eigenvalue weighted by molar-refractivity contribution is 7.93. The van der Waals surface area contributed by atoms with Gasteiger partial charge in [0.05, 0.1) is 41.5 Å². The molecule has 232 valence electrons. The van der Waals surface area contributed by atoms with Crippen molar-refractivity contribution in [1.29, 1.82) is 5.26 Å². The van der Waals surface area contributed by atoms with Gasteiger partial charge in [0.15, 0.2) is 0 Å². The summed E-state index contributed by atoms with van der Waals surface area (Å²) in [6.07, 6.45) is 5.01. The molecule has 9 nitrogen and oxygen atoms in total. The summed E-state index contributed by atoms with van der Waals surface area (Å²) in [5.41, 5.74) is 2.50. The lowest BCUT2D eigenvalue weighted by atomic mass is 9.81. The summed E-state index contributed by atoms with van der Waals surface area (Å²) in [5, 5.41) is 10.1. The largest absolute Gasteiger partial charge is 0.494 e. The van der Waals surface area contributed by atoms with Crippen LogP contribution in [0.1, 0.15) is 23.6 Å². The van der Waals surface area contributed by atoms with Crippen LogP contribution in [0.15, 0.2) is 102 Å². The van der Waals surface area contributed by atoms with Crippen LogP contribution in [0.2, 0.25) is 0 Å². The normalized spacial score (nSPS) is 18.4. The van der Waals surface area contributed by atoms with E-state index in [1.54, 1.807) is 36.7 Å². The second-order valence-electron chi connectivity index (χ2n) is 11.3. The van der Waals surface area contributed by atoms with E-state index in [0.29, 0.717) is 55.3 Å². The average Bonchev–Trinajstić information content (AvgIpc) is 3.45. The Hall–Kier alpha value is -5.05. The molecule has 3 aromatic carbocycles. The minimum Gasteiger partial charge on any atom is -0.494 e. The van der Waals surface area contributed by atoms with Crippen molar-refractivity contribution in [3.05, 3.63) is 120 Å². The number of aromatic nitrogens is 2. The molecule has 1 saturated heterocycles. The molecule has 0 saturated carbocycles. The molecule has 2 aliphatic rings. The van der Waals surface area contributed by atoms with E-state index in [-0.39, 0.29) is 22.3 Å². The summed E-state index contributed by atoms with van der Waals surface area (Å²) in [7, 11) is -4.28. The van der Waals surface area contributed by atoms with Crippen molar-refractivity contribution in [3.63, 3.8) is 0 Å². The molecular formula is C35H31FN6O3S. The van der Waals surface area contributed by atoms with Gasteiger partial charge in [0, 0.05) is 67.0 Å². The van der Waals surface area contributed by atoms with Gasteiger partial charge < -0.3 is 9.64 Å². The van der Waals surface area contributed by atoms with Crippen LogP contribution >= 0.6 is 0 Å². The van der Waals surface area contributed by atoms with Crippen LogP contribution in [0.3, 0.4) is 0 Å². The molecule has 0 radical (unpaired) electrons. The maximum absolute atomic E-state index is 14.8. The van der Waals surface area contributed by atoms with Gasteiger partial charge in [-0.05, 0) is 67.6 Å². The highest BCUT2D eigenvalue weighted by Crippen LogP contribution is 2.52. The standard InChI is InChI=1S/C35H31FN6O3S/c1-2-45-32-8-4-3-7-28(32)35(41-20-18-40(19-21-41)26-13-16-38-17-14-26)24-42(31-11-9-25(23-37)22-29(31)35)46(43,44)33-12-10-30(36)27-6-5-15-39-34(27)33/h3-17,22H,2,18-21,24H2,1H3. The monoisotopic (exact) mass is 634 g/mol. The third kappa shape index (κ3) is 4.73. The van der Waals surface area contributed by atoms with Gasteiger partial charge in [-0.1, -0.05) is 18.2 Å². The molecule has 7 rings (SSSR count). The van der Waals surface area contributed by atoms with Gasteiger partial charge in [0.1, 0.15) is 16.5 Å². The van der Waals surface area contributed by atoms with E-state index in [1.807, 2.05) is 43.3 Å². The van der Waals surface area contributed by atoms with E-state index in [1.165, 1.54) is 28.7 Å². The second kappa shape index (κ2) is 11.7. The van der Waals surface area contributed by atoms with Crippen LogP contribution in [0.25, 0.3) is 10.9 Å². The predicted molar refractivity (Wildman–Crippen MR) is 174 cm³/mol. The second-order valence-corrected chi connectivity index (χ2v) is 13.1. The van der Waals surface area contributed by atoms with E-state index in [9.17, 15) is 18.1 Å². The molecule has 0 bridgehead atoms. The van der Waals surface area contributed by atoms with Gasteiger partial charge in [0.2, 0.25) is 0 Å². The number of ether oxygens (including phenoxy) is 1. The van der Waals surface area contributed by atoms with Crippen molar-refractivity contribution in [2.75, 3.05) is 48.5 Å². The summed E-state index contributed by atoms with van der Waals surface area (Å²) >= 11 is 0. The fraction of sp³-hybridized carbons (Fsp3) is 0.229. The lowest BCUT2D eigenvalue weighted by Crippen LogP contribution is -2.58. The van der Waals surface area contributed by atoms with Crippen LogP contribution in [0, 0.1) is 17.1 Å². The van der Waals surface area contributed by atoms with Gasteiger partial charge in [-0.15, -0.1) is 0 Å². The van der Waals surface area contributed by atoms with Crippen molar-refractivity contribution >= 4 is 32.3 Å². The molecular weight excluding hydrogens is 603 g/mol. The molecule has 1 fully saturated rings. The Kier molecular flexibility index (Phi) is 7.55. The van der Waals surface area contributed by atoms with E-state index < -0.39 is 21.4 Å². The zero-order valence-corrected chi connectivity index (χ0v) is 26.0. The number of piperazine rings is 1. The molecule has 0 aliphatic carbocycles. The Balaban J connectivity index is 1.42. The van der Waals surface area contributed by atoms with Crippen molar-refractivity contribution in [2.24, 2.45) is 0 Å². The van der Waals surface area contributed by atoms with E-state index in [4.69, 9.17) is 4.74 Å². The van der Waals surface area contributed by atoms with Crippen LogP contribution < -0.4 is 13.9 Å².